The molecule has 0 aliphatic carbocycles. The van der Waals surface area contributed by atoms with E-state index < -0.39 is 23.8 Å². The van der Waals surface area contributed by atoms with Crippen LogP contribution >= 0.6 is 11.6 Å². The van der Waals surface area contributed by atoms with Crippen molar-refractivity contribution in [1.82, 2.24) is 5.32 Å². The number of nitrogens with one attached hydrogen (secondary N) is 2. The first-order chi connectivity index (χ1) is 10.9. The molecule has 0 saturated carbocycles. The van der Waals surface area contributed by atoms with Gasteiger partial charge in [-0.2, -0.15) is 0 Å². The Balaban J connectivity index is 1.91. The molecular formula is C16H15ClF2N2O2. The Morgan fingerprint density at radius 3 is 2.65 bits per heavy atom. The van der Waals surface area contributed by atoms with Crippen LogP contribution in [0.1, 0.15) is 17.2 Å². The first-order valence-corrected chi connectivity index (χ1v) is 7.18. The Morgan fingerprint density at radius 1 is 1.26 bits per heavy atom. The van der Waals surface area contributed by atoms with Gasteiger partial charge < -0.3 is 15.7 Å². The molecule has 0 aliphatic heterocycles. The lowest BCUT2D eigenvalue weighted by Gasteiger charge is -2.14. The third kappa shape index (κ3) is 4.64. The summed E-state index contributed by atoms with van der Waals surface area (Å²) in [4.78, 5) is 11.8. The number of halogens is 3. The fourth-order valence-corrected chi connectivity index (χ4v) is 2.10. The van der Waals surface area contributed by atoms with Crippen molar-refractivity contribution >= 4 is 23.3 Å². The number of amides is 2. The van der Waals surface area contributed by atoms with E-state index in [1.165, 1.54) is 0 Å². The minimum absolute atomic E-state index is 0.0925. The standard InChI is InChI=1S/C16H15ClF2N2O2/c1-9-2-4-11(7-13(9)17)21-16(23)20-8-15(22)12-5-3-10(18)6-14(12)19/h2-7,15,22H,8H2,1H3,(H2,20,21,23)/t15-/m1/s1. The number of hydrogen-bond donors (Lipinski definition) is 3. The third-order valence-corrected chi connectivity index (χ3v) is 3.61. The molecule has 2 amide bonds. The summed E-state index contributed by atoms with van der Waals surface area (Å²) in [6.45, 7) is 1.60. The van der Waals surface area contributed by atoms with Gasteiger partial charge >= 0.3 is 6.03 Å². The molecule has 23 heavy (non-hydrogen) atoms. The predicted octanol–water partition coefficient (Wildman–Crippen LogP) is 3.78. The van der Waals surface area contributed by atoms with Crippen molar-refractivity contribution in [2.45, 2.75) is 13.0 Å². The second-order valence-electron chi connectivity index (χ2n) is 4.98. The highest BCUT2D eigenvalue weighted by Crippen LogP contribution is 2.20. The normalized spacial score (nSPS) is 11.9. The molecule has 0 unspecified atom stereocenters. The lowest BCUT2D eigenvalue weighted by molar-refractivity contribution is 0.170. The van der Waals surface area contributed by atoms with E-state index in [1.54, 1.807) is 18.2 Å². The summed E-state index contributed by atoms with van der Waals surface area (Å²) in [5.41, 5.74) is 1.27. The Kier molecular flexibility index (Phi) is 5.52. The zero-order valence-corrected chi connectivity index (χ0v) is 13.0. The maximum atomic E-state index is 13.5. The summed E-state index contributed by atoms with van der Waals surface area (Å²) in [5, 5.41) is 15.3. The highest BCUT2D eigenvalue weighted by molar-refractivity contribution is 6.31. The second-order valence-corrected chi connectivity index (χ2v) is 5.39. The average molecular weight is 341 g/mol. The van der Waals surface area contributed by atoms with Crippen molar-refractivity contribution in [2.24, 2.45) is 0 Å². The topological polar surface area (TPSA) is 61.4 Å². The zero-order valence-electron chi connectivity index (χ0n) is 12.2. The maximum absolute atomic E-state index is 13.5. The van der Waals surface area contributed by atoms with E-state index in [-0.39, 0.29) is 12.1 Å². The highest BCUT2D eigenvalue weighted by Gasteiger charge is 2.14. The van der Waals surface area contributed by atoms with Crippen molar-refractivity contribution in [3.8, 4) is 0 Å². The van der Waals surface area contributed by atoms with Crippen molar-refractivity contribution in [2.75, 3.05) is 11.9 Å². The van der Waals surface area contributed by atoms with Crippen LogP contribution in [0.4, 0.5) is 19.3 Å². The molecule has 0 spiro atoms. The van der Waals surface area contributed by atoms with E-state index >= 15 is 0 Å². The number of aliphatic hydroxyl groups excluding tert-OH is 1. The van der Waals surface area contributed by atoms with Gasteiger partial charge in [0.15, 0.2) is 0 Å². The lowest BCUT2D eigenvalue weighted by atomic mass is 10.1. The largest absolute Gasteiger partial charge is 0.386 e. The first-order valence-electron chi connectivity index (χ1n) is 6.81. The summed E-state index contributed by atoms with van der Waals surface area (Å²) in [6.07, 6.45) is -1.29. The monoisotopic (exact) mass is 340 g/mol. The molecule has 2 aromatic carbocycles. The molecule has 0 bridgehead atoms. The van der Waals surface area contributed by atoms with Gasteiger partial charge in [0.25, 0.3) is 0 Å². The lowest BCUT2D eigenvalue weighted by Crippen LogP contribution is -2.32. The molecule has 0 fully saturated rings. The number of rotatable bonds is 4. The number of aryl methyl sites for hydroxylation is 1. The van der Waals surface area contributed by atoms with E-state index in [9.17, 15) is 18.7 Å². The molecule has 3 N–H and O–H groups in total. The Hall–Kier alpha value is -2.18. The smallest absolute Gasteiger partial charge is 0.319 e. The third-order valence-electron chi connectivity index (χ3n) is 3.21. The van der Waals surface area contributed by atoms with E-state index in [0.29, 0.717) is 16.8 Å². The van der Waals surface area contributed by atoms with E-state index in [1.807, 2.05) is 6.92 Å². The molecule has 2 aromatic rings. The molecule has 7 heteroatoms. The predicted molar refractivity (Wildman–Crippen MR) is 84.5 cm³/mol. The van der Waals surface area contributed by atoms with Crippen LogP contribution in [0.5, 0.6) is 0 Å². The van der Waals surface area contributed by atoms with Crippen molar-refractivity contribution in [3.63, 3.8) is 0 Å². The Morgan fingerprint density at radius 2 is 2.00 bits per heavy atom. The quantitative estimate of drug-likeness (QED) is 0.793. The van der Waals surface area contributed by atoms with Crippen LogP contribution in [0.15, 0.2) is 36.4 Å². The van der Waals surface area contributed by atoms with Crippen LogP contribution in [-0.2, 0) is 0 Å². The van der Waals surface area contributed by atoms with Gasteiger partial charge in [0.2, 0.25) is 0 Å². The maximum Gasteiger partial charge on any atom is 0.319 e. The minimum Gasteiger partial charge on any atom is -0.386 e. The number of urea groups is 1. The molecule has 0 heterocycles. The van der Waals surface area contributed by atoms with Gasteiger partial charge in [-0.05, 0) is 30.7 Å². The fraction of sp³-hybridized carbons (Fsp3) is 0.188. The number of anilines is 1. The van der Waals surface area contributed by atoms with Crippen LogP contribution in [0, 0.1) is 18.6 Å². The molecule has 0 aromatic heterocycles. The van der Waals surface area contributed by atoms with E-state index in [4.69, 9.17) is 11.6 Å². The molecule has 122 valence electrons. The summed E-state index contributed by atoms with van der Waals surface area (Å²) >= 11 is 5.95. The SMILES string of the molecule is Cc1ccc(NC(=O)NC[C@@H](O)c2ccc(F)cc2F)cc1Cl. The summed E-state index contributed by atoms with van der Waals surface area (Å²) in [5.74, 6) is -1.61. The summed E-state index contributed by atoms with van der Waals surface area (Å²) in [7, 11) is 0. The summed E-state index contributed by atoms with van der Waals surface area (Å²) < 4.78 is 26.3. The van der Waals surface area contributed by atoms with Gasteiger partial charge in [0, 0.05) is 28.9 Å². The molecular weight excluding hydrogens is 326 g/mol. The molecule has 1 atom stereocenters. The Labute approximate surface area is 137 Å². The number of carbonyl (C=O) groups is 1. The molecule has 2 rings (SSSR count). The van der Waals surface area contributed by atoms with Crippen LogP contribution in [0.3, 0.4) is 0 Å². The number of aliphatic hydroxyl groups is 1. The van der Waals surface area contributed by atoms with Crippen molar-refractivity contribution < 1.29 is 18.7 Å². The van der Waals surface area contributed by atoms with Gasteiger partial charge in [-0.1, -0.05) is 23.7 Å². The first kappa shape index (κ1) is 17.2. The summed E-state index contributed by atoms with van der Waals surface area (Å²) in [6, 6.07) is 7.29. The zero-order chi connectivity index (χ0) is 17.0. The van der Waals surface area contributed by atoms with Crippen molar-refractivity contribution in [3.05, 3.63) is 64.2 Å². The number of hydrogen-bond acceptors (Lipinski definition) is 2. The van der Waals surface area contributed by atoms with Gasteiger partial charge in [-0.15, -0.1) is 0 Å². The molecule has 0 aliphatic rings. The fourth-order valence-electron chi connectivity index (χ4n) is 1.92. The van der Waals surface area contributed by atoms with Crippen LogP contribution < -0.4 is 10.6 Å². The van der Waals surface area contributed by atoms with Crippen LogP contribution in [0.25, 0.3) is 0 Å². The molecule has 0 saturated heterocycles. The van der Waals surface area contributed by atoms with E-state index in [2.05, 4.69) is 10.6 Å². The Bertz CT molecular complexity index is 725. The van der Waals surface area contributed by atoms with Crippen LogP contribution in [-0.4, -0.2) is 17.7 Å². The van der Waals surface area contributed by atoms with Gasteiger partial charge in [0.05, 0.1) is 6.10 Å². The minimum atomic E-state index is -1.29. The van der Waals surface area contributed by atoms with Gasteiger partial charge in [-0.3, -0.25) is 0 Å². The van der Waals surface area contributed by atoms with Crippen LogP contribution in [0.2, 0.25) is 5.02 Å². The van der Waals surface area contributed by atoms with Gasteiger partial charge in [-0.25, -0.2) is 13.6 Å². The number of benzene rings is 2. The average Bonchev–Trinajstić information content (AvgIpc) is 2.48. The molecule has 4 nitrogen and oxygen atoms in total. The van der Waals surface area contributed by atoms with Crippen molar-refractivity contribution in [1.29, 1.82) is 0 Å². The number of carbonyl (C=O) groups excluding carboxylic acids is 1. The second kappa shape index (κ2) is 7.39. The highest BCUT2D eigenvalue weighted by atomic mass is 35.5. The van der Waals surface area contributed by atoms with E-state index in [0.717, 1.165) is 17.7 Å². The van der Waals surface area contributed by atoms with Gasteiger partial charge in [0.1, 0.15) is 11.6 Å². The molecule has 0 radical (unpaired) electrons.